The van der Waals surface area contributed by atoms with E-state index in [1.807, 2.05) is 0 Å². The van der Waals surface area contributed by atoms with Crippen LogP contribution in [0.25, 0.3) is 0 Å². The van der Waals surface area contributed by atoms with E-state index in [0.717, 1.165) is 0 Å². The smallest absolute Gasteiger partial charge is 0.241 e. The Morgan fingerprint density at radius 3 is 2.26 bits per heavy atom. The molecule has 0 aromatic heterocycles. The number of nitrogens with two attached hydrogens (primary N) is 1. The van der Waals surface area contributed by atoms with Crippen LogP contribution in [-0.4, -0.2) is 35.2 Å². The lowest BCUT2D eigenvalue weighted by atomic mass is 10.2. The maximum absolute atomic E-state index is 12.2. The molecule has 1 atom stereocenters. The highest BCUT2D eigenvalue weighted by Gasteiger charge is 2.21. The Balaban J connectivity index is 3.27. The molecule has 0 spiro atoms. The average Bonchev–Trinajstić information content (AvgIpc) is 2.37. The van der Waals surface area contributed by atoms with Crippen LogP contribution in [0, 0.1) is 6.92 Å². The van der Waals surface area contributed by atoms with E-state index in [-0.39, 0.29) is 17.5 Å². The Hall–Kier alpha value is -1.31. The van der Waals surface area contributed by atoms with Gasteiger partial charge in [0.2, 0.25) is 10.0 Å². The van der Waals surface area contributed by atoms with Gasteiger partial charge in [-0.1, -0.05) is 0 Å². The van der Waals surface area contributed by atoms with E-state index in [1.54, 1.807) is 19.9 Å². The van der Waals surface area contributed by atoms with Crippen LogP contribution >= 0.6 is 0 Å². The van der Waals surface area contributed by atoms with Crippen molar-refractivity contribution in [1.82, 2.24) is 4.72 Å². The lowest BCUT2D eigenvalue weighted by Crippen LogP contribution is -2.38. The van der Waals surface area contributed by atoms with Gasteiger partial charge in [-0.15, -0.1) is 0 Å². The first kappa shape index (κ1) is 15.7. The summed E-state index contributed by atoms with van der Waals surface area (Å²) in [7, 11) is -0.667. The fraction of sp³-hybridized carbons (Fsp3) is 0.500. The Labute approximate surface area is 113 Å². The highest BCUT2D eigenvalue weighted by Crippen LogP contribution is 2.32. The molecule has 0 aliphatic carbocycles. The predicted molar refractivity (Wildman–Crippen MR) is 73.1 cm³/mol. The molecule has 0 saturated heterocycles. The van der Waals surface area contributed by atoms with E-state index in [9.17, 15) is 8.42 Å². The predicted octanol–water partition coefficient (Wildman–Crippen LogP) is 0.638. The molecule has 0 heterocycles. The molecule has 0 aliphatic heterocycles. The summed E-state index contributed by atoms with van der Waals surface area (Å²) in [6.45, 7) is 3.63. The molecule has 108 valence electrons. The minimum atomic E-state index is -3.63. The van der Waals surface area contributed by atoms with Gasteiger partial charge in [0.25, 0.3) is 0 Å². The third-order valence-corrected chi connectivity index (χ3v) is 4.41. The van der Waals surface area contributed by atoms with Crippen LogP contribution in [0.3, 0.4) is 0 Å². The molecule has 0 radical (unpaired) electrons. The van der Waals surface area contributed by atoms with Crippen LogP contribution < -0.4 is 19.9 Å². The third kappa shape index (κ3) is 3.59. The zero-order valence-electron chi connectivity index (χ0n) is 11.6. The van der Waals surface area contributed by atoms with Crippen LogP contribution in [-0.2, 0) is 10.0 Å². The van der Waals surface area contributed by atoms with Crippen LogP contribution in [0.4, 0.5) is 0 Å². The largest absolute Gasteiger partial charge is 0.493 e. The fourth-order valence-corrected chi connectivity index (χ4v) is 3.13. The van der Waals surface area contributed by atoms with Crippen molar-refractivity contribution in [3.05, 3.63) is 17.7 Å². The molecule has 0 saturated carbocycles. The number of nitrogens with one attached hydrogen (secondary N) is 1. The lowest BCUT2D eigenvalue weighted by molar-refractivity contribution is 0.353. The van der Waals surface area contributed by atoms with Crippen molar-refractivity contribution in [3.63, 3.8) is 0 Å². The number of benzene rings is 1. The van der Waals surface area contributed by atoms with Crippen LogP contribution in [0.15, 0.2) is 17.0 Å². The van der Waals surface area contributed by atoms with Crippen molar-refractivity contribution < 1.29 is 17.9 Å². The van der Waals surface area contributed by atoms with Crippen molar-refractivity contribution in [3.8, 4) is 11.5 Å². The molecule has 0 aliphatic rings. The first-order valence-electron chi connectivity index (χ1n) is 5.80. The Bertz CT molecular complexity index is 543. The first-order chi connectivity index (χ1) is 8.85. The highest BCUT2D eigenvalue weighted by atomic mass is 32.2. The normalized spacial score (nSPS) is 13.1. The SMILES string of the molecule is COc1cc(C)c(S(=O)(=O)NC(C)CN)cc1OC. The number of rotatable bonds is 6. The highest BCUT2D eigenvalue weighted by molar-refractivity contribution is 7.89. The molecule has 0 bridgehead atoms. The van der Waals surface area contributed by atoms with Gasteiger partial charge in [0.1, 0.15) is 0 Å². The van der Waals surface area contributed by atoms with Gasteiger partial charge in [0.15, 0.2) is 11.5 Å². The average molecular weight is 288 g/mol. The number of ether oxygens (including phenoxy) is 2. The maximum Gasteiger partial charge on any atom is 0.241 e. The quantitative estimate of drug-likeness (QED) is 0.801. The summed E-state index contributed by atoms with van der Waals surface area (Å²) in [5.74, 6) is 0.861. The molecule has 0 fully saturated rings. The zero-order chi connectivity index (χ0) is 14.6. The van der Waals surface area contributed by atoms with Crippen LogP contribution in [0.5, 0.6) is 11.5 Å². The van der Waals surface area contributed by atoms with Crippen LogP contribution in [0.1, 0.15) is 12.5 Å². The number of hydrogen-bond acceptors (Lipinski definition) is 5. The summed E-state index contributed by atoms with van der Waals surface area (Å²) < 4.78 is 37.2. The second kappa shape index (κ2) is 6.23. The Morgan fingerprint density at radius 1 is 1.26 bits per heavy atom. The number of methoxy groups -OCH3 is 2. The molecular formula is C12H20N2O4S. The van der Waals surface area contributed by atoms with Crippen LogP contribution in [0.2, 0.25) is 0 Å². The van der Waals surface area contributed by atoms with Gasteiger partial charge in [-0.25, -0.2) is 13.1 Å². The van der Waals surface area contributed by atoms with Gasteiger partial charge < -0.3 is 15.2 Å². The molecule has 6 nitrogen and oxygen atoms in total. The summed E-state index contributed by atoms with van der Waals surface area (Å²) in [4.78, 5) is 0.158. The molecule has 1 aromatic rings. The Kier molecular flexibility index (Phi) is 5.16. The van der Waals surface area contributed by atoms with Crippen molar-refractivity contribution in [2.24, 2.45) is 5.73 Å². The number of sulfonamides is 1. The van der Waals surface area contributed by atoms with Crippen molar-refractivity contribution in [1.29, 1.82) is 0 Å². The summed E-state index contributed by atoms with van der Waals surface area (Å²) in [6, 6.07) is 2.73. The first-order valence-corrected chi connectivity index (χ1v) is 7.29. The van der Waals surface area contributed by atoms with E-state index in [2.05, 4.69) is 4.72 Å². The molecule has 3 N–H and O–H groups in total. The summed E-state index contributed by atoms with van der Waals surface area (Å²) >= 11 is 0. The topological polar surface area (TPSA) is 90.7 Å². The summed E-state index contributed by atoms with van der Waals surface area (Å²) in [5, 5.41) is 0. The van der Waals surface area contributed by atoms with Crippen molar-refractivity contribution in [2.45, 2.75) is 24.8 Å². The summed E-state index contributed by atoms with van der Waals surface area (Å²) in [5.41, 5.74) is 6.00. The second-order valence-electron chi connectivity index (χ2n) is 4.23. The van der Waals surface area contributed by atoms with E-state index in [0.29, 0.717) is 17.1 Å². The van der Waals surface area contributed by atoms with E-state index in [1.165, 1.54) is 20.3 Å². The molecule has 1 rings (SSSR count). The molecular weight excluding hydrogens is 268 g/mol. The molecule has 1 unspecified atom stereocenters. The molecule has 19 heavy (non-hydrogen) atoms. The third-order valence-electron chi connectivity index (χ3n) is 2.68. The van der Waals surface area contributed by atoms with E-state index in [4.69, 9.17) is 15.2 Å². The molecule has 0 amide bonds. The molecule has 7 heteroatoms. The minimum Gasteiger partial charge on any atom is -0.493 e. The van der Waals surface area contributed by atoms with Gasteiger partial charge >= 0.3 is 0 Å². The standard InChI is InChI=1S/C12H20N2O4S/c1-8-5-10(17-3)11(18-4)6-12(8)19(15,16)14-9(2)7-13/h5-6,9,14H,7,13H2,1-4H3. The van der Waals surface area contributed by atoms with Gasteiger partial charge in [-0.05, 0) is 25.5 Å². The summed E-state index contributed by atoms with van der Waals surface area (Å²) in [6.07, 6.45) is 0. The van der Waals surface area contributed by atoms with Crippen molar-refractivity contribution >= 4 is 10.0 Å². The van der Waals surface area contributed by atoms with Gasteiger partial charge in [0, 0.05) is 18.7 Å². The number of aryl methyl sites for hydroxylation is 1. The second-order valence-corrected chi connectivity index (χ2v) is 5.91. The monoisotopic (exact) mass is 288 g/mol. The van der Waals surface area contributed by atoms with E-state index < -0.39 is 10.0 Å². The maximum atomic E-state index is 12.2. The van der Waals surface area contributed by atoms with Gasteiger partial charge in [0.05, 0.1) is 19.1 Å². The van der Waals surface area contributed by atoms with Gasteiger partial charge in [-0.2, -0.15) is 0 Å². The fourth-order valence-electron chi connectivity index (χ4n) is 1.63. The zero-order valence-corrected chi connectivity index (χ0v) is 12.4. The minimum absolute atomic E-state index is 0.158. The van der Waals surface area contributed by atoms with E-state index >= 15 is 0 Å². The number of hydrogen-bond donors (Lipinski definition) is 2. The van der Waals surface area contributed by atoms with Gasteiger partial charge in [-0.3, -0.25) is 0 Å². The molecule has 1 aromatic carbocycles. The lowest BCUT2D eigenvalue weighted by Gasteiger charge is -2.16. The Morgan fingerprint density at radius 2 is 1.79 bits per heavy atom. The van der Waals surface area contributed by atoms with Crippen molar-refractivity contribution in [2.75, 3.05) is 20.8 Å².